The van der Waals surface area contributed by atoms with Crippen molar-refractivity contribution in [1.82, 2.24) is 4.90 Å². The average Bonchev–Trinajstić information content (AvgIpc) is 2.47. The van der Waals surface area contributed by atoms with Gasteiger partial charge in [-0.2, -0.15) is 0 Å². The van der Waals surface area contributed by atoms with Gasteiger partial charge in [0.25, 0.3) is 5.91 Å². The standard InChI is InChI=1S/C16H17NO3/c1-17(16(20)12-6-3-2-4-7-12)11-15(19)13-8-5-9-14(18)10-13/h2-10,15,18-19H,11H2,1H3/t15-/m1/s1. The van der Waals surface area contributed by atoms with E-state index in [0.717, 1.165) is 0 Å². The molecule has 0 aliphatic rings. The second kappa shape index (κ2) is 6.21. The zero-order chi connectivity index (χ0) is 14.5. The largest absolute Gasteiger partial charge is 0.508 e. The van der Waals surface area contributed by atoms with Crippen molar-refractivity contribution < 1.29 is 15.0 Å². The summed E-state index contributed by atoms with van der Waals surface area (Å²) >= 11 is 0. The van der Waals surface area contributed by atoms with Crippen LogP contribution in [0, 0.1) is 0 Å². The minimum atomic E-state index is -0.834. The molecule has 1 amide bonds. The topological polar surface area (TPSA) is 60.8 Å². The molecule has 4 heteroatoms. The lowest BCUT2D eigenvalue weighted by Crippen LogP contribution is -2.31. The zero-order valence-corrected chi connectivity index (χ0v) is 11.2. The second-order valence-electron chi connectivity index (χ2n) is 4.66. The van der Waals surface area contributed by atoms with Crippen LogP contribution in [0.15, 0.2) is 54.6 Å². The van der Waals surface area contributed by atoms with Crippen LogP contribution in [0.2, 0.25) is 0 Å². The molecule has 0 heterocycles. The molecule has 0 radical (unpaired) electrons. The van der Waals surface area contributed by atoms with E-state index in [1.165, 1.54) is 17.0 Å². The van der Waals surface area contributed by atoms with Gasteiger partial charge in [0.2, 0.25) is 0 Å². The molecule has 0 aliphatic carbocycles. The number of phenols is 1. The summed E-state index contributed by atoms with van der Waals surface area (Å²) in [7, 11) is 1.64. The zero-order valence-electron chi connectivity index (χ0n) is 11.2. The van der Waals surface area contributed by atoms with Crippen molar-refractivity contribution in [2.24, 2.45) is 0 Å². The maximum absolute atomic E-state index is 12.1. The van der Waals surface area contributed by atoms with Crippen molar-refractivity contribution in [3.8, 4) is 5.75 Å². The number of aromatic hydroxyl groups is 1. The van der Waals surface area contributed by atoms with Gasteiger partial charge in [-0.3, -0.25) is 4.79 Å². The van der Waals surface area contributed by atoms with Gasteiger partial charge in [-0.15, -0.1) is 0 Å². The maximum Gasteiger partial charge on any atom is 0.253 e. The molecule has 20 heavy (non-hydrogen) atoms. The molecule has 0 saturated heterocycles. The van der Waals surface area contributed by atoms with Crippen LogP contribution in [0.1, 0.15) is 22.0 Å². The van der Waals surface area contributed by atoms with Crippen LogP contribution in [-0.2, 0) is 0 Å². The number of hydrogen-bond donors (Lipinski definition) is 2. The highest BCUT2D eigenvalue weighted by Crippen LogP contribution is 2.19. The van der Waals surface area contributed by atoms with Gasteiger partial charge in [-0.05, 0) is 29.8 Å². The van der Waals surface area contributed by atoms with E-state index in [4.69, 9.17) is 0 Å². The van der Waals surface area contributed by atoms with E-state index in [1.807, 2.05) is 6.07 Å². The Balaban J connectivity index is 2.04. The number of likely N-dealkylation sites (N-methyl/N-ethyl adjacent to an activating group) is 1. The van der Waals surface area contributed by atoms with Crippen molar-refractivity contribution >= 4 is 5.91 Å². The number of carbonyl (C=O) groups excluding carboxylic acids is 1. The number of benzene rings is 2. The first-order valence-electron chi connectivity index (χ1n) is 6.35. The summed E-state index contributed by atoms with van der Waals surface area (Å²) in [6, 6.07) is 15.3. The van der Waals surface area contributed by atoms with Crippen molar-refractivity contribution in [2.75, 3.05) is 13.6 Å². The highest BCUT2D eigenvalue weighted by atomic mass is 16.3. The van der Waals surface area contributed by atoms with Gasteiger partial charge in [0.15, 0.2) is 0 Å². The Bertz CT molecular complexity index is 583. The molecule has 2 aromatic rings. The average molecular weight is 271 g/mol. The number of carbonyl (C=O) groups is 1. The lowest BCUT2D eigenvalue weighted by atomic mass is 10.1. The van der Waals surface area contributed by atoms with Gasteiger partial charge >= 0.3 is 0 Å². The second-order valence-corrected chi connectivity index (χ2v) is 4.66. The molecule has 104 valence electrons. The van der Waals surface area contributed by atoms with Crippen LogP contribution < -0.4 is 0 Å². The molecule has 0 aromatic heterocycles. The molecule has 2 aromatic carbocycles. The molecule has 2 N–H and O–H groups in total. The molecule has 1 atom stereocenters. The van der Waals surface area contributed by atoms with E-state index in [-0.39, 0.29) is 18.2 Å². The molecule has 0 unspecified atom stereocenters. The van der Waals surface area contributed by atoms with Gasteiger partial charge in [-0.25, -0.2) is 0 Å². The fourth-order valence-electron chi connectivity index (χ4n) is 1.98. The number of phenolic OH excluding ortho intramolecular Hbond substituents is 1. The lowest BCUT2D eigenvalue weighted by Gasteiger charge is -2.21. The Morgan fingerprint density at radius 3 is 2.50 bits per heavy atom. The number of rotatable bonds is 4. The van der Waals surface area contributed by atoms with Gasteiger partial charge in [0, 0.05) is 12.6 Å². The Kier molecular flexibility index (Phi) is 4.38. The molecule has 0 aliphatic heterocycles. The van der Waals surface area contributed by atoms with Gasteiger partial charge in [0.1, 0.15) is 5.75 Å². The first-order valence-corrected chi connectivity index (χ1v) is 6.35. The summed E-state index contributed by atoms with van der Waals surface area (Å²) in [5.74, 6) is -0.0524. The van der Waals surface area contributed by atoms with E-state index < -0.39 is 6.10 Å². The van der Waals surface area contributed by atoms with Crippen LogP contribution in [0.25, 0.3) is 0 Å². The molecule has 4 nitrogen and oxygen atoms in total. The lowest BCUT2D eigenvalue weighted by molar-refractivity contribution is 0.0681. The molecule has 0 fully saturated rings. The summed E-state index contributed by atoms with van der Waals surface area (Å²) < 4.78 is 0. The number of amides is 1. The number of aliphatic hydroxyl groups is 1. The maximum atomic E-state index is 12.1. The molecular formula is C16H17NO3. The van der Waals surface area contributed by atoms with Crippen LogP contribution in [0.5, 0.6) is 5.75 Å². The van der Waals surface area contributed by atoms with E-state index in [9.17, 15) is 15.0 Å². The predicted octanol–water partition coefficient (Wildman–Crippen LogP) is 2.20. The van der Waals surface area contributed by atoms with Crippen molar-refractivity contribution in [1.29, 1.82) is 0 Å². The Morgan fingerprint density at radius 1 is 1.15 bits per heavy atom. The third-order valence-electron chi connectivity index (χ3n) is 3.07. The molecular weight excluding hydrogens is 254 g/mol. The molecule has 0 bridgehead atoms. The molecule has 0 saturated carbocycles. The van der Waals surface area contributed by atoms with Crippen molar-refractivity contribution in [3.63, 3.8) is 0 Å². The summed E-state index contributed by atoms with van der Waals surface area (Å²) in [5.41, 5.74) is 1.16. The number of nitrogens with zero attached hydrogens (tertiary/aromatic N) is 1. The Labute approximate surface area is 117 Å². The summed E-state index contributed by atoms with van der Waals surface area (Å²) in [6.45, 7) is 0.164. The van der Waals surface area contributed by atoms with Crippen LogP contribution in [0.3, 0.4) is 0 Å². The minimum absolute atomic E-state index is 0.0959. The third-order valence-corrected chi connectivity index (χ3v) is 3.07. The smallest absolute Gasteiger partial charge is 0.253 e. The fourth-order valence-corrected chi connectivity index (χ4v) is 1.98. The number of aliphatic hydroxyl groups excluding tert-OH is 1. The van der Waals surface area contributed by atoms with Gasteiger partial charge in [0.05, 0.1) is 12.6 Å². The van der Waals surface area contributed by atoms with Crippen molar-refractivity contribution in [2.45, 2.75) is 6.10 Å². The SMILES string of the molecule is CN(C[C@@H](O)c1cccc(O)c1)C(=O)c1ccccc1. The monoisotopic (exact) mass is 271 g/mol. The summed E-state index contributed by atoms with van der Waals surface area (Å²) in [4.78, 5) is 13.6. The minimum Gasteiger partial charge on any atom is -0.508 e. The van der Waals surface area contributed by atoms with Gasteiger partial charge < -0.3 is 15.1 Å². The fraction of sp³-hybridized carbons (Fsp3) is 0.188. The quantitative estimate of drug-likeness (QED) is 0.896. The molecule has 2 rings (SSSR count). The Morgan fingerprint density at radius 2 is 1.85 bits per heavy atom. The summed E-state index contributed by atoms with van der Waals surface area (Å²) in [6.07, 6.45) is -0.834. The van der Waals surface area contributed by atoms with E-state index in [1.54, 1.807) is 43.4 Å². The first-order chi connectivity index (χ1) is 9.58. The predicted molar refractivity (Wildman–Crippen MR) is 76.5 cm³/mol. The molecule has 0 spiro atoms. The third kappa shape index (κ3) is 3.36. The van der Waals surface area contributed by atoms with Crippen LogP contribution in [-0.4, -0.2) is 34.6 Å². The van der Waals surface area contributed by atoms with Crippen molar-refractivity contribution in [3.05, 3.63) is 65.7 Å². The normalized spacial score (nSPS) is 11.9. The highest BCUT2D eigenvalue weighted by Gasteiger charge is 2.16. The van der Waals surface area contributed by atoms with E-state index in [2.05, 4.69) is 0 Å². The summed E-state index contributed by atoms with van der Waals surface area (Å²) in [5, 5.41) is 19.5. The highest BCUT2D eigenvalue weighted by molar-refractivity contribution is 5.94. The number of hydrogen-bond acceptors (Lipinski definition) is 3. The van der Waals surface area contributed by atoms with E-state index >= 15 is 0 Å². The van der Waals surface area contributed by atoms with Gasteiger partial charge in [-0.1, -0.05) is 30.3 Å². The van der Waals surface area contributed by atoms with E-state index in [0.29, 0.717) is 11.1 Å². The first kappa shape index (κ1) is 14.1. The van der Waals surface area contributed by atoms with Crippen LogP contribution >= 0.6 is 0 Å². The Hall–Kier alpha value is -2.33. The van der Waals surface area contributed by atoms with Crippen LogP contribution in [0.4, 0.5) is 0 Å².